The molecule has 3 nitrogen and oxygen atoms in total. The van der Waals surface area contributed by atoms with Gasteiger partial charge in [-0.2, -0.15) is 0 Å². The third-order valence-corrected chi connectivity index (χ3v) is 3.16. The quantitative estimate of drug-likeness (QED) is 0.797. The summed E-state index contributed by atoms with van der Waals surface area (Å²) in [6.07, 6.45) is 3.29. The Labute approximate surface area is 101 Å². The first kappa shape index (κ1) is 11.9. The number of nitrogens with one attached hydrogen (secondary N) is 1. The summed E-state index contributed by atoms with van der Waals surface area (Å²) in [5.74, 6) is -0.297. The zero-order valence-corrected chi connectivity index (χ0v) is 9.95. The van der Waals surface area contributed by atoms with Gasteiger partial charge in [-0.05, 0) is 50.5 Å². The second kappa shape index (κ2) is 5.17. The van der Waals surface area contributed by atoms with Crippen molar-refractivity contribution in [2.45, 2.75) is 32.2 Å². The van der Waals surface area contributed by atoms with E-state index in [4.69, 9.17) is 0 Å². The zero-order valence-electron chi connectivity index (χ0n) is 9.95. The van der Waals surface area contributed by atoms with Gasteiger partial charge in [0.15, 0.2) is 0 Å². The number of carbonyl (C=O) groups excluding carboxylic acids is 1. The fraction of sp³-hybridized carbons (Fsp3) is 0.462. The lowest BCUT2D eigenvalue weighted by Crippen LogP contribution is -2.44. The number of carbonyl (C=O) groups is 1. The van der Waals surface area contributed by atoms with Crippen LogP contribution in [0.4, 0.5) is 14.9 Å². The Kier molecular flexibility index (Phi) is 3.61. The van der Waals surface area contributed by atoms with E-state index in [1.807, 2.05) is 4.90 Å². The van der Waals surface area contributed by atoms with Gasteiger partial charge in [-0.1, -0.05) is 0 Å². The van der Waals surface area contributed by atoms with Crippen molar-refractivity contribution in [1.82, 2.24) is 4.90 Å². The average molecular weight is 236 g/mol. The smallest absolute Gasteiger partial charge is 0.322 e. The fourth-order valence-corrected chi connectivity index (χ4v) is 2.13. The highest BCUT2D eigenvalue weighted by molar-refractivity contribution is 5.89. The van der Waals surface area contributed by atoms with Gasteiger partial charge in [0.2, 0.25) is 0 Å². The molecule has 0 aromatic heterocycles. The first-order valence-corrected chi connectivity index (χ1v) is 6.00. The number of anilines is 1. The van der Waals surface area contributed by atoms with Gasteiger partial charge in [-0.15, -0.1) is 0 Å². The zero-order chi connectivity index (χ0) is 12.3. The average Bonchev–Trinajstić information content (AvgIpc) is 2.32. The number of hydrogen-bond acceptors (Lipinski definition) is 1. The minimum absolute atomic E-state index is 0.0937. The van der Waals surface area contributed by atoms with Crippen molar-refractivity contribution in [3.05, 3.63) is 30.1 Å². The van der Waals surface area contributed by atoms with Crippen LogP contribution in [0.2, 0.25) is 0 Å². The van der Waals surface area contributed by atoms with Gasteiger partial charge in [0, 0.05) is 18.3 Å². The first-order chi connectivity index (χ1) is 8.16. The van der Waals surface area contributed by atoms with Crippen molar-refractivity contribution < 1.29 is 9.18 Å². The second-order valence-corrected chi connectivity index (χ2v) is 4.48. The lowest BCUT2D eigenvalue weighted by molar-refractivity contribution is 0.170. The maximum Gasteiger partial charge on any atom is 0.322 e. The molecule has 1 fully saturated rings. The normalized spacial score (nSPS) is 20.1. The van der Waals surface area contributed by atoms with Crippen molar-refractivity contribution in [3.63, 3.8) is 0 Å². The molecule has 2 amide bonds. The molecule has 92 valence electrons. The Morgan fingerprint density at radius 1 is 1.35 bits per heavy atom. The van der Waals surface area contributed by atoms with Crippen LogP contribution in [0.1, 0.15) is 26.2 Å². The molecule has 1 aliphatic heterocycles. The van der Waals surface area contributed by atoms with Gasteiger partial charge in [0.25, 0.3) is 0 Å². The van der Waals surface area contributed by atoms with Crippen LogP contribution in [-0.2, 0) is 0 Å². The summed E-state index contributed by atoms with van der Waals surface area (Å²) in [5.41, 5.74) is 0.633. The van der Waals surface area contributed by atoms with Crippen LogP contribution in [0.5, 0.6) is 0 Å². The Hall–Kier alpha value is -1.58. The van der Waals surface area contributed by atoms with Crippen LogP contribution in [0, 0.1) is 5.82 Å². The Morgan fingerprint density at radius 3 is 2.71 bits per heavy atom. The molecule has 0 bridgehead atoms. The molecule has 17 heavy (non-hydrogen) atoms. The summed E-state index contributed by atoms with van der Waals surface area (Å²) in [6.45, 7) is 2.86. The van der Waals surface area contributed by atoms with Gasteiger partial charge >= 0.3 is 6.03 Å². The highest BCUT2D eigenvalue weighted by Crippen LogP contribution is 2.18. The van der Waals surface area contributed by atoms with E-state index < -0.39 is 0 Å². The molecule has 1 N–H and O–H groups in total. The third kappa shape index (κ3) is 2.96. The van der Waals surface area contributed by atoms with E-state index in [-0.39, 0.29) is 17.9 Å². The molecule has 0 radical (unpaired) electrons. The lowest BCUT2D eigenvalue weighted by atomic mass is 10.0. The summed E-state index contributed by atoms with van der Waals surface area (Å²) in [6, 6.07) is 6.02. The van der Waals surface area contributed by atoms with Crippen LogP contribution in [0.3, 0.4) is 0 Å². The second-order valence-electron chi connectivity index (χ2n) is 4.48. The number of hydrogen-bond donors (Lipinski definition) is 1. The fourth-order valence-electron chi connectivity index (χ4n) is 2.13. The van der Waals surface area contributed by atoms with Gasteiger partial charge in [-0.25, -0.2) is 9.18 Å². The maximum absolute atomic E-state index is 12.7. The molecule has 1 aromatic rings. The van der Waals surface area contributed by atoms with E-state index in [0.29, 0.717) is 5.69 Å². The van der Waals surface area contributed by atoms with Crippen LogP contribution in [0.25, 0.3) is 0 Å². The highest BCUT2D eigenvalue weighted by Gasteiger charge is 2.22. The number of rotatable bonds is 1. The van der Waals surface area contributed by atoms with Gasteiger partial charge in [0.05, 0.1) is 0 Å². The van der Waals surface area contributed by atoms with Crippen LogP contribution < -0.4 is 5.32 Å². The number of amides is 2. The minimum atomic E-state index is -0.297. The van der Waals surface area contributed by atoms with E-state index in [9.17, 15) is 9.18 Å². The molecule has 1 heterocycles. The lowest BCUT2D eigenvalue weighted by Gasteiger charge is -2.33. The van der Waals surface area contributed by atoms with Gasteiger partial charge in [0.1, 0.15) is 5.82 Å². The Morgan fingerprint density at radius 2 is 2.06 bits per heavy atom. The first-order valence-electron chi connectivity index (χ1n) is 6.00. The van der Waals surface area contributed by atoms with E-state index in [2.05, 4.69) is 12.2 Å². The topological polar surface area (TPSA) is 32.3 Å². The molecule has 1 aromatic carbocycles. The molecule has 0 aliphatic carbocycles. The molecule has 0 unspecified atom stereocenters. The molecule has 4 heteroatoms. The van der Waals surface area contributed by atoms with Gasteiger partial charge < -0.3 is 10.2 Å². The van der Waals surface area contributed by atoms with E-state index in [1.54, 1.807) is 12.1 Å². The summed E-state index contributed by atoms with van der Waals surface area (Å²) >= 11 is 0. The van der Waals surface area contributed by atoms with Crippen LogP contribution in [0.15, 0.2) is 24.3 Å². The van der Waals surface area contributed by atoms with Crippen molar-refractivity contribution >= 4 is 11.7 Å². The molecule has 0 saturated carbocycles. The molecule has 1 saturated heterocycles. The van der Waals surface area contributed by atoms with E-state index in [0.717, 1.165) is 19.4 Å². The Balaban J connectivity index is 1.98. The SMILES string of the molecule is C[C@@H]1CCCCN1C(=O)Nc1ccc(F)cc1. The van der Waals surface area contributed by atoms with E-state index >= 15 is 0 Å². The molecule has 1 atom stereocenters. The summed E-state index contributed by atoms with van der Waals surface area (Å²) < 4.78 is 12.7. The highest BCUT2D eigenvalue weighted by atomic mass is 19.1. The van der Waals surface area contributed by atoms with Crippen molar-refractivity contribution in [1.29, 1.82) is 0 Å². The third-order valence-electron chi connectivity index (χ3n) is 3.16. The summed E-state index contributed by atoms with van der Waals surface area (Å²) in [4.78, 5) is 13.8. The number of benzene rings is 1. The largest absolute Gasteiger partial charge is 0.322 e. The summed E-state index contributed by atoms with van der Waals surface area (Å²) in [5, 5.41) is 2.79. The number of urea groups is 1. The summed E-state index contributed by atoms with van der Waals surface area (Å²) in [7, 11) is 0. The maximum atomic E-state index is 12.7. The monoisotopic (exact) mass is 236 g/mol. The van der Waals surface area contributed by atoms with E-state index in [1.165, 1.54) is 18.6 Å². The molecular weight excluding hydrogens is 219 g/mol. The minimum Gasteiger partial charge on any atom is -0.322 e. The van der Waals surface area contributed by atoms with Crippen molar-refractivity contribution in [3.8, 4) is 0 Å². The molecule has 0 spiro atoms. The predicted octanol–water partition coefficient (Wildman–Crippen LogP) is 3.23. The molecular formula is C13H17FN2O. The number of nitrogens with zero attached hydrogens (tertiary/aromatic N) is 1. The van der Waals surface area contributed by atoms with Crippen molar-refractivity contribution in [2.24, 2.45) is 0 Å². The number of halogens is 1. The van der Waals surface area contributed by atoms with Crippen molar-refractivity contribution in [2.75, 3.05) is 11.9 Å². The predicted molar refractivity (Wildman–Crippen MR) is 65.4 cm³/mol. The number of likely N-dealkylation sites (tertiary alicyclic amines) is 1. The Bertz CT molecular complexity index is 391. The molecule has 1 aliphatic rings. The van der Waals surface area contributed by atoms with Gasteiger partial charge in [-0.3, -0.25) is 0 Å². The van der Waals surface area contributed by atoms with Crippen LogP contribution in [-0.4, -0.2) is 23.5 Å². The van der Waals surface area contributed by atoms with Crippen LogP contribution >= 0.6 is 0 Å². The standard InChI is InChI=1S/C13H17FN2O/c1-10-4-2-3-9-16(10)13(17)15-12-7-5-11(14)6-8-12/h5-8,10H,2-4,9H2,1H3,(H,15,17)/t10-/m1/s1. The number of piperidine rings is 1. The molecule has 2 rings (SSSR count).